The van der Waals surface area contributed by atoms with Crippen LogP contribution in [0, 0.1) is 0 Å². The van der Waals surface area contributed by atoms with E-state index in [2.05, 4.69) is 5.32 Å². The molecular weight excluding hydrogens is 180 g/mol. The first-order chi connectivity index (χ1) is 6.72. The van der Waals surface area contributed by atoms with Gasteiger partial charge in [0, 0.05) is 18.3 Å². The van der Waals surface area contributed by atoms with Crippen molar-refractivity contribution in [1.29, 1.82) is 0 Å². The molecule has 1 rings (SSSR count). The number of nitrogen functional groups attached to an aromatic ring is 1. The zero-order chi connectivity index (χ0) is 10.6. The lowest BCUT2D eigenvalue weighted by atomic mass is 10.1. The summed E-state index contributed by atoms with van der Waals surface area (Å²) in [4.78, 5) is 0. The van der Waals surface area contributed by atoms with Crippen LogP contribution >= 0.6 is 0 Å². The van der Waals surface area contributed by atoms with Gasteiger partial charge in [-0.05, 0) is 18.7 Å². The van der Waals surface area contributed by atoms with Crippen LogP contribution in [0.4, 0.5) is 5.69 Å². The number of methoxy groups -OCH3 is 2. The van der Waals surface area contributed by atoms with Gasteiger partial charge in [-0.25, -0.2) is 0 Å². The first kappa shape index (κ1) is 10.7. The van der Waals surface area contributed by atoms with E-state index in [9.17, 15) is 0 Å². The van der Waals surface area contributed by atoms with Crippen LogP contribution in [0.2, 0.25) is 0 Å². The van der Waals surface area contributed by atoms with Crippen LogP contribution in [0.15, 0.2) is 12.1 Å². The molecule has 0 atom stereocenters. The Morgan fingerprint density at radius 2 is 1.79 bits per heavy atom. The van der Waals surface area contributed by atoms with E-state index in [0.717, 1.165) is 5.56 Å². The van der Waals surface area contributed by atoms with Gasteiger partial charge >= 0.3 is 0 Å². The summed E-state index contributed by atoms with van der Waals surface area (Å²) in [5.74, 6) is 1.36. The summed E-state index contributed by atoms with van der Waals surface area (Å²) in [6.07, 6.45) is 0. The van der Waals surface area contributed by atoms with E-state index < -0.39 is 0 Å². The van der Waals surface area contributed by atoms with Gasteiger partial charge < -0.3 is 20.5 Å². The molecule has 4 nitrogen and oxygen atoms in total. The quantitative estimate of drug-likeness (QED) is 0.705. The largest absolute Gasteiger partial charge is 0.493 e. The molecule has 1 aromatic rings. The molecule has 0 heterocycles. The second-order valence-corrected chi connectivity index (χ2v) is 2.94. The standard InChI is InChI=1S/C10H16N2O2/c1-12-6-7-4-9(13-2)10(14-3)5-8(7)11/h4-5,12H,6,11H2,1-3H3. The van der Waals surface area contributed by atoms with E-state index in [1.54, 1.807) is 20.3 Å². The molecule has 0 aromatic heterocycles. The normalized spacial score (nSPS) is 9.93. The first-order valence-corrected chi connectivity index (χ1v) is 4.38. The Morgan fingerprint density at radius 3 is 2.29 bits per heavy atom. The number of rotatable bonds is 4. The lowest BCUT2D eigenvalue weighted by Crippen LogP contribution is -2.08. The fourth-order valence-electron chi connectivity index (χ4n) is 1.28. The van der Waals surface area contributed by atoms with Crippen molar-refractivity contribution in [1.82, 2.24) is 5.32 Å². The summed E-state index contributed by atoms with van der Waals surface area (Å²) in [5.41, 5.74) is 7.54. The Balaban J connectivity index is 3.09. The molecule has 0 radical (unpaired) electrons. The van der Waals surface area contributed by atoms with Crippen molar-refractivity contribution in [2.24, 2.45) is 0 Å². The van der Waals surface area contributed by atoms with Crippen LogP contribution in [-0.2, 0) is 6.54 Å². The molecule has 4 heteroatoms. The third kappa shape index (κ3) is 2.09. The van der Waals surface area contributed by atoms with Gasteiger partial charge in [-0.2, -0.15) is 0 Å². The first-order valence-electron chi connectivity index (χ1n) is 4.38. The smallest absolute Gasteiger partial charge is 0.162 e. The lowest BCUT2D eigenvalue weighted by Gasteiger charge is -2.11. The monoisotopic (exact) mass is 196 g/mol. The average Bonchev–Trinajstić information content (AvgIpc) is 2.20. The summed E-state index contributed by atoms with van der Waals surface area (Å²) < 4.78 is 10.3. The maximum atomic E-state index is 5.83. The molecule has 0 fully saturated rings. The minimum absolute atomic E-state index is 0.657. The number of hydrogen-bond acceptors (Lipinski definition) is 4. The van der Waals surface area contributed by atoms with Crippen molar-refractivity contribution >= 4 is 5.69 Å². The summed E-state index contributed by atoms with van der Waals surface area (Å²) in [6.45, 7) is 0.714. The van der Waals surface area contributed by atoms with Gasteiger partial charge in [-0.1, -0.05) is 0 Å². The SMILES string of the molecule is CNCc1cc(OC)c(OC)cc1N. The molecule has 0 saturated heterocycles. The van der Waals surface area contributed by atoms with Gasteiger partial charge in [0.2, 0.25) is 0 Å². The van der Waals surface area contributed by atoms with Crippen molar-refractivity contribution in [3.8, 4) is 11.5 Å². The predicted molar refractivity (Wildman–Crippen MR) is 56.7 cm³/mol. The van der Waals surface area contributed by atoms with Crippen molar-refractivity contribution in [3.63, 3.8) is 0 Å². The van der Waals surface area contributed by atoms with E-state index in [1.165, 1.54) is 0 Å². The third-order valence-electron chi connectivity index (χ3n) is 2.01. The summed E-state index contributed by atoms with van der Waals surface area (Å²) in [6, 6.07) is 3.65. The fraction of sp³-hybridized carbons (Fsp3) is 0.400. The predicted octanol–water partition coefficient (Wildman–Crippen LogP) is 1.01. The Hall–Kier alpha value is -1.42. The lowest BCUT2D eigenvalue weighted by molar-refractivity contribution is 0.354. The maximum absolute atomic E-state index is 5.83. The van der Waals surface area contributed by atoms with Crippen molar-refractivity contribution < 1.29 is 9.47 Å². The topological polar surface area (TPSA) is 56.5 Å². The fourth-order valence-corrected chi connectivity index (χ4v) is 1.28. The van der Waals surface area contributed by atoms with E-state index in [0.29, 0.717) is 23.7 Å². The van der Waals surface area contributed by atoms with Gasteiger partial charge in [0.25, 0.3) is 0 Å². The van der Waals surface area contributed by atoms with Crippen LogP contribution in [0.1, 0.15) is 5.56 Å². The van der Waals surface area contributed by atoms with E-state index in [4.69, 9.17) is 15.2 Å². The van der Waals surface area contributed by atoms with E-state index in [-0.39, 0.29) is 0 Å². The number of hydrogen-bond donors (Lipinski definition) is 2. The van der Waals surface area contributed by atoms with Crippen LogP contribution < -0.4 is 20.5 Å². The third-order valence-corrected chi connectivity index (χ3v) is 2.01. The molecule has 1 aromatic carbocycles. The minimum Gasteiger partial charge on any atom is -0.493 e. The highest BCUT2D eigenvalue weighted by molar-refractivity contribution is 5.57. The molecule has 0 spiro atoms. The Kier molecular flexibility index (Phi) is 3.59. The number of ether oxygens (including phenoxy) is 2. The summed E-state index contributed by atoms with van der Waals surface area (Å²) in [5, 5.41) is 3.04. The zero-order valence-corrected chi connectivity index (χ0v) is 8.76. The molecule has 14 heavy (non-hydrogen) atoms. The molecule has 78 valence electrons. The second-order valence-electron chi connectivity index (χ2n) is 2.94. The average molecular weight is 196 g/mol. The minimum atomic E-state index is 0.657. The molecule has 0 aliphatic rings. The molecule has 0 amide bonds. The van der Waals surface area contributed by atoms with Crippen LogP contribution in [-0.4, -0.2) is 21.3 Å². The second kappa shape index (κ2) is 4.72. The Bertz CT molecular complexity index is 313. The molecule has 0 saturated carbocycles. The molecule has 0 aliphatic heterocycles. The van der Waals surface area contributed by atoms with Crippen molar-refractivity contribution in [2.45, 2.75) is 6.54 Å². The van der Waals surface area contributed by atoms with Crippen LogP contribution in [0.3, 0.4) is 0 Å². The maximum Gasteiger partial charge on any atom is 0.162 e. The van der Waals surface area contributed by atoms with Gasteiger partial charge in [0.15, 0.2) is 11.5 Å². The van der Waals surface area contributed by atoms with Crippen molar-refractivity contribution in [3.05, 3.63) is 17.7 Å². The Labute approximate surface area is 84.0 Å². The van der Waals surface area contributed by atoms with Crippen LogP contribution in [0.25, 0.3) is 0 Å². The highest BCUT2D eigenvalue weighted by Gasteiger charge is 2.07. The molecule has 3 N–H and O–H groups in total. The Morgan fingerprint density at radius 1 is 1.21 bits per heavy atom. The van der Waals surface area contributed by atoms with Crippen molar-refractivity contribution in [2.75, 3.05) is 27.0 Å². The summed E-state index contributed by atoms with van der Waals surface area (Å²) in [7, 11) is 5.07. The number of nitrogens with one attached hydrogen (secondary N) is 1. The highest BCUT2D eigenvalue weighted by Crippen LogP contribution is 2.31. The van der Waals surface area contributed by atoms with Gasteiger partial charge in [-0.3, -0.25) is 0 Å². The zero-order valence-electron chi connectivity index (χ0n) is 8.76. The van der Waals surface area contributed by atoms with Gasteiger partial charge in [-0.15, -0.1) is 0 Å². The number of nitrogens with two attached hydrogens (primary N) is 1. The van der Waals surface area contributed by atoms with Gasteiger partial charge in [0.1, 0.15) is 0 Å². The van der Waals surface area contributed by atoms with Gasteiger partial charge in [0.05, 0.1) is 14.2 Å². The number of benzene rings is 1. The number of anilines is 1. The molecule has 0 unspecified atom stereocenters. The highest BCUT2D eigenvalue weighted by atomic mass is 16.5. The molecular formula is C10H16N2O2. The molecule has 0 bridgehead atoms. The van der Waals surface area contributed by atoms with E-state index >= 15 is 0 Å². The van der Waals surface area contributed by atoms with E-state index in [1.807, 2.05) is 13.1 Å². The van der Waals surface area contributed by atoms with Crippen LogP contribution in [0.5, 0.6) is 11.5 Å². The summed E-state index contributed by atoms with van der Waals surface area (Å²) >= 11 is 0. The molecule has 0 aliphatic carbocycles.